The summed E-state index contributed by atoms with van der Waals surface area (Å²) in [5.74, 6) is -0.286. The van der Waals surface area contributed by atoms with Crippen LogP contribution < -0.4 is 5.73 Å². The molecule has 1 aromatic rings. The lowest BCUT2D eigenvalue weighted by Crippen LogP contribution is -2.05. The largest absolute Gasteiger partial charge is 0.466 e. The predicted octanol–water partition coefficient (Wildman–Crippen LogP) is 2.03. The maximum absolute atomic E-state index is 10.5. The first-order valence-corrected chi connectivity index (χ1v) is 4.64. The fourth-order valence-electron chi connectivity index (χ4n) is 1.10. The van der Waals surface area contributed by atoms with Crippen molar-refractivity contribution in [1.82, 2.24) is 0 Å². The predicted molar refractivity (Wildman–Crippen MR) is 56.2 cm³/mol. The zero-order valence-corrected chi connectivity index (χ0v) is 8.67. The highest BCUT2D eigenvalue weighted by Gasteiger charge is 2.01. The van der Waals surface area contributed by atoms with Crippen LogP contribution >= 0.6 is 11.6 Å². The second-order valence-corrected chi connectivity index (χ2v) is 3.37. The number of benzene rings is 1. The minimum Gasteiger partial charge on any atom is -0.466 e. The summed E-state index contributed by atoms with van der Waals surface area (Å²) >= 11 is 5.79. The van der Waals surface area contributed by atoms with Crippen molar-refractivity contribution in [2.45, 2.75) is 13.3 Å². The Hall–Kier alpha value is -1.22. The standard InChI is InChI=1S/C10H12ClNO2/c1-7(13)14-5-4-8-6-9(11)2-3-10(8)12/h2-3,6H,4-5,12H2,1H3. The molecule has 0 heterocycles. The lowest BCUT2D eigenvalue weighted by Gasteiger charge is -2.05. The molecule has 76 valence electrons. The molecule has 0 atom stereocenters. The topological polar surface area (TPSA) is 52.3 Å². The minimum absolute atomic E-state index is 0.286. The van der Waals surface area contributed by atoms with Crippen LogP contribution in [0.5, 0.6) is 0 Å². The van der Waals surface area contributed by atoms with Crippen LogP contribution in [0.2, 0.25) is 5.02 Å². The first kappa shape index (κ1) is 10.9. The number of nitrogen functional groups attached to an aromatic ring is 1. The third-order valence-corrected chi connectivity index (χ3v) is 2.02. The molecule has 2 N–H and O–H groups in total. The van der Waals surface area contributed by atoms with Crippen molar-refractivity contribution in [3.63, 3.8) is 0 Å². The van der Waals surface area contributed by atoms with Crippen molar-refractivity contribution in [2.75, 3.05) is 12.3 Å². The fourth-order valence-corrected chi connectivity index (χ4v) is 1.29. The summed E-state index contributed by atoms with van der Waals surface area (Å²) in [7, 11) is 0. The fraction of sp³-hybridized carbons (Fsp3) is 0.300. The lowest BCUT2D eigenvalue weighted by atomic mass is 10.1. The number of halogens is 1. The molecule has 0 fully saturated rings. The molecule has 3 nitrogen and oxygen atoms in total. The summed E-state index contributed by atoms with van der Waals surface area (Å²) in [6, 6.07) is 5.25. The van der Waals surface area contributed by atoms with Crippen molar-refractivity contribution in [2.24, 2.45) is 0 Å². The van der Waals surface area contributed by atoms with E-state index in [-0.39, 0.29) is 5.97 Å². The SMILES string of the molecule is CC(=O)OCCc1cc(Cl)ccc1N. The quantitative estimate of drug-likeness (QED) is 0.618. The van der Waals surface area contributed by atoms with Gasteiger partial charge in [0, 0.05) is 24.1 Å². The van der Waals surface area contributed by atoms with Gasteiger partial charge in [0.2, 0.25) is 0 Å². The Morgan fingerprint density at radius 2 is 2.29 bits per heavy atom. The molecule has 1 rings (SSSR count). The first-order chi connectivity index (χ1) is 6.59. The average Bonchev–Trinajstić information content (AvgIpc) is 2.10. The Balaban J connectivity index is 2.57. The van der Waals surface area contributed by atoms with Crippen molar-refractivity contribution in [3.05, 3.63) is 28.8 Å². The van der Waals surface area contributed by atoms with Gasteiger partial charge in [0.05, 0.1) is 6.61 Å². The van der Waals surface area contributed by atoms with Crippen LogP contribution in [-0.2, 0) is 16.0 Å². The number of esters is 1. The summed E-state index contributed by atoms with van der Waals surface area (Å²) in [4.78, 5) is 10.5. The van der Waals surface area contributed by atoms with Gasteiger partial charge in [-0.1, -0.05) is 11.6 Å². The van der Waals surface area contributed by atoms with Crippen LogP contribution in [0.3, 0.4) is 0 Å². The molecule has 4 heteroatoms. The summed E-state index contributed by atoms with van der Waals surface area (Å²) in [5.41, 5.74) is 7.28. The Morgan fingerprint density at radius 3 is 2.93 bits per heavy atom. The van der Waals surface area contributed by atoms with Crippen LogP contribution in [0.15, 0.2) is 18.2 Å². The molecular formula is C10H12ClNO2. The third-order valence-electron chi connectivity index (χ3n) is 1.78. The lowest BCUT2D eigenvalue weighted by molar-refractivity contribution is -0.140. The molecule has 0 radical (unpaired) electrons. The molecule has 0 spiro atoms. The van der Waals surface area contributed by atoms with E-state index >= 15 is 0 Å². The molecular weight excluding hydrogens is 202 g/mol. The van der Waals surface area contributed by atoms with Crippen molar-refractivity contribution < 1.29 is 9.53 Å². The highest BCUT2D eigenvalue weighted by Crippen LogP contribution is 2.18. The molecule has 0 saturated carbocycles. The molecule has 0 aromatic heterocycles. The first-order valence-electron chi connectivity index (χ1n) is 4.27. The zero-order valence-electron chi connectivity index (χ0n) is 7.92. The van der Waals surface area contributed by atoms with Crippen LogP contribution in [0.4, 0.5) is 5.69 Å². The molecule has 0 saturated heterocycles. The Morgan fingerprint density at radius 1 is 1.57 bits per heavy atom. The summed E-state index contributed by atoms with van der Waals surface area (Å²) in [6.45, 7) is 1.71. The highest BCUT2D eigenvalue weighted by atomic mass is 35.5. The number of nitrogens with two attached hydrogens (primary N) is 1. The van der Waals surface area contributed by atoms with E-state index in [9.17, 15) is 4.79 Å². The van der Waals surface area contributed by atoms with Gasteiger partial charge in [-0.15, -0.1) is 0 Å². The van der Waals surface area contributed by atoms with Crippen LogP contribution in [0, 0.1) is 0 Å². The van der Waals surface area contributed by atoms with Crippen LogP contribution in [0.1, 0.15) is 12.5 Å². The maximum atomic E-state index is 10.5. The van der Waals surface area contributed by atoms with Crippen LogP contribution in [-0.4, -0.2) is 12.6 Å². The van der Waals surface area contributed by atoms with E-state index in [0.29, 0.717) is 23.7 Å². The number of hydrogen-bond acceptors (Lipinski definition) is 3. The van der Waals surface area contributed by atoms with E-state index in [4.69, 9.17) is 22.1 Å². The van der Waals surface area contributed by atoms with Gasteiger partial charge in [-0.25, -0.2) is 0 Å². The van der Waals surface area contributed by atoms with E-state index in [1.54, 1.807) is 18.2 Å². The molecule has 14 heavy (non-hydrogen) atoms. The van der Waals surface area contributed by atoms with Gasteiger partial charge in [-0.2, -0.15) is 0 Å². The van der Waals surface area contributed by atoms with Gasteiger partial charge < -0.3 is 10.5 Å². The smallest absolute Gasteiger partial charge is 0.302 e. The van der Waals surface area contributed by atoms with Crippen molar-refractivity contribution in [1.29, 1.82) is 0 Å². The Bertz CT molecular complexity index is 339. The van der Waals surface area contributed by atoms with Gasteiger partial charge >= 0.3 is 5.97 Å². The number of ether oxygens (including phenoxy) is 1. The number of carbonyl (C=O) groups is 1. The van der Waals surface area contributed by atoms with Gasteiger partial charge in [-0.05, 0) is 23.8 Å². The van der Waals surface area contributed by atoms with Crippen molar-refractivity contribution in [3.8, 4) is 0 Å². The Labute approximate surface area is 87.8 Å². The van der Waals surface area contributed by atoms with E-state index in [1.165, 1.54) is 6.92 Å². The summed E-state index contributed by atoms with van der Waals surface area (Å²) in [5, 5.41) is 0.636. The normalized spacial score (nSPS) is 9.86. The number of rotatable bonds is 3. The molecule has 0 unspecified atom stereocenters. The number of anilines is 1. The van der Waals surface area contributed by atoms with E-state index in [2.05, 4.69) is 0 Å². The minimum atomic E-state index is -0.286. The Kier molecular flexibility index (Phi) is 3.77. The van der Waals surface area contributed by atoms with E-state index < -0.39 is 0 Å². The molecule has 0 bridgehead atoms. The van der Waals surface area contributed by atoms with Gasteiger partial charge in [-0.3, -0.25) is 4.79 Å². The van der Waals surface area contributed by atoms with E-state index in [0.717, 1.165) is 5.56 Å². The zero-order chi connectivity index (χ0) is 10.6. The molecule has 0 aliphatic carbocycles. The van der Waals surface area contributed by atoms with Gasteiger partial charge in [0.25, 0.3) is 0 Å². The average molecular weight is 214 g/mol. The van der Waals surface area contributed by atoms with Crippen LogP contribution in [0.25, 0.3) is 0 Å². The van der Waals surface area contributed by atoms with Crippen molar-refractivity contribution >= 4 is 23.3 Å². The monoisotopic (exact) mass is 213 g/mol. The molecule has 1 aromatic carbocycles. The summed E-state index contributed by atoms with van der Waals surface area (Å²) < 4.78 is 4.80. The highest BCUT2D eigenvalue weighted by molar-refractivity contribution is 6.30. The van der Waals surface area contributed by atoms with Gasteiger partial charge in [0.1, 0.15) is 0 Å². The number of hydrogen-bond donors (Lipinski definition) is 1. The second kappa shape index (κ2) is 4.86. The van der Waals surface area contributed by atoms with Gasteiger partial charge in [0.15, 0.2) is 0 Å². The molecule has 0 amide bonds. The summed E-state index contributed by atoms with van der Waals surface area (Å²) in [6.07, 6.45) is 0.589. The third kappa shape index (κ3) is 3.26. The molecule has 0 aliphatic heterocycles. The second-order valence-electron chi connectivity index (χ2n) is 2.93. The molecule has 0 aliphatic rings. The van der Waals surface area contributed by atoms with E-state index in [1.807, 2.05) is 0 Å². The number of carbonyl (C=O) groups excluding carboxylic acids is 1. The maximum Gasteiger partial charge on any atom is 0.302 e.